The summed E-state index contributed by atoms with van der Waals surface area (Å²) in [4.78, 5) is 0. The van der Waals surface area contributed by atoms with Gasteiger partial charge in [-0.3, -0.25) is 0 Å². The molecule has 0 unspecified atom stereocenters. The summed E-state index contributed by atoms with van der Waals surface area (Å²) in [5.74, 6) is 0.679. The third-order valence-electron chi connectivity index (χ3n) is 1.75. The summed E-state index contributed by atoms with van der Waals surface area (Å²) in [7, 11) is 1.50. The van der Waals surface area contributed by atoms with Crippen molar-refractivity contribution < 1.29 is 9.13 Å². The summed E-state index contributed by atoms with van der Waals surface area (Å²) in [5, 5.41) is 0. The minimum atomic E-state index is -0.360. The van der Waals surface area contributed by atoms with E-state index in [9.17, 15) is 4.39 Å². The van der Waals surface area contributed by atoms with Crippen molar-refractivity contribution in [2.24, 2.45) is 0 Å². The molecule has 2 N–H and O–H groups in total. The number of halogens is 1. The molecule has 76 valence electrons. The van der Waals surface area contributed by atoms with Gasteiger partial charge < -0.3 is 10.5 Å². The SMILES string of the molecule is COc1cc(C=CCS)c(F)cc1N. The lowest BCUT2D eigenvalue weighted by Gasteiger charge is -2.06. The van der Waals surface area contributed by atoms with Crippen LogP contribution in [0.2, 0.25) is 0 Å². The average molecular weight is 213 g/mol. The zero-order valence-electron chi connectivity index (χ0n) is 7.83. The maximum Gasteiger partial charge on any atom is 0.142 e. The minimum absolute atomic E-state index is 0.299. The molecular weight excluding hydrogens is 201 g/mol. The zero-order chi connectivity index (χ0) is 10.6. The first-order chi connectivity index (χ1) is 6.69. The lowest BCUT2D eigenvalue weighted by molar-refractivity contribution is 0.416. The molecule has 0 amide bonds. The van der Waals surface area contributed by atoms with E-state index in [-0.39, 0.29) is 5.82 Å². The molecular formula is C10H12FNOS. The molecule has 0 bridgehead atoms. The van der Waals surface area contributed by atoms with Crippen LogP contribution in [0, 0.1) is 5.82 Å². The molecule has 1 rings (SSSR count). The van der Waals surface area contributed by atoms with Gasteiger partial charge in [0.05, 0.1) is 12.8 Å². The Morgan fingerprint density at radius 2 is 2.29 bits per heavy atom. The highest BCUT2D eigenvalue weighted by atomic mass is 32.1. The van der Waals surface area contributed by atoms with Crippen molar-refractivity contribution >= 4 is 24.4 Å². The van der Waals surface area contributed by atoms with Crippen LogP contribution in [0.25, 0.3) is 6.08 Å². The quantitative estimate of drug-likeness (QED) is 0.597. The van der Waals surface area contributed by atoms with Crippen molar-refractivity contribution in [2.75, 3.05) is 18.6 Å². The molecule has 0 saturated carbocycles. The van der Waals surface area contributed by atoms with E-state index in [0.717, 1.165) is 0 Å². The van der Waals surface area contributed by atoms with E-state index in [1.165, 1.54) is 13.2 Å². The lowest BCUT2D eigenvalue weighted by Crippen LogP contribution is -1.95. The standard InChI is InChI=1S/C10H12FNOS/c1-13-10-5-7(3-2-4-14)8(11)6-9(10)12/h2-3,5-6,14H,4,12H2,1H3. The Kier molecular flexibility index (Phi) is 3.83. The first kappa shape index (κ1) is 10.9. The number of methoxy groups -OCH3 is 1. The van der Waals surface area contributed by atoms with Crippen molar-refractivity contribution in [3.8, 4) is 5.75 Å². The van der Waals surface area contributed by atoms with Crippen LogP contribution >= 0.6 is 12.6 Å². The van der Waals surface area contributed by atoms with Crippen LogP contribution in [0.5, 0.6) is 5.75 Å². The Morgan fingerprint density at radius 1 is 1.57 bits per heavy atom. The highest BCUT2D eigenvalue weighted by Gasteiger charge is 2.05. The molecule has 0 atom stereocenters. The van der Waals surface area contributed by atoms with E-state index in [2.05, 4.69) is 12.6 Å². The maximum atomic E-state index is 13.3. The van der Waals surface area contributed by atoms with Crippen molar-refractivity contribution in [2.45, 2.75) is 0 Å². The Bertz CT molecular complexity index is 352. The van der Waals surface area contributed by atoms with Crippen LogP contribution in [0.4, 0.5) is 10.1 Å². The van der Waals surface area contributed by atoms with Crippen molar-refractivity contribution in [3.63, 3.8) is 0 Å². The van der Waals surface area contributed by atoms with E-state index in [4.69, 9.17) is 10.5 Å². The van der Waals surface area contributed by atoms with Crippen molar-refractivity contribution in [1.29, 1.82) is 0 Å². The highest BCUT2D eigenvalue weighted by Crippen LogP contribution is 2.25. The molecule has 2 nitrogen and oxygen atoms in total. The van der Waals surface area contributed by atoms with E-state index in [1.807, 2.05) is 0 Å². The third-order valence-corrected chi connectivity index (χ3v) is 1.96. The Balaban J connectivity index is 3.10. The molecule has 0 fully saturated rings. The highest BCUT2D eigenvalue weighted by molar-refractivity contribution is 7.80. The number of nitrogens with two attached hydrogens (primary N) is 1. The first-order valence-electron chi connectivity index (χ1n) is 4.09. The largest absolute Gasteiger partial charge is 0.495 e. The fraction of sp³-hybridized carbons (Fsp3) is 0.200. The fourth-order valence-electron chi connectivity index (χ4n) is 1.07. The fourth-order valence-corrected chi connectivity index (χ4v) is 1.17. The number of ether oxygens (including phenoxy) is 1. The van der Waals surface area contributed by atoms with Crippen LogP contribution in [0.1, 0.15) is 5.56 Å². The summed E-state index contributed by atoms with van der Waals surface area (Å²) in [6, 6.07) is 2.81. The van der Waals surface area contributed by atoms with Crippen LogP contribution in [-0.2, 0) is 0 Å². The number of hydrogen-bond acceptors (Lipinski definition) is 3. The molecule has 4 heteroatoms. The molecule has 0 saturated heterocycles. The number of thiol groups is 1. The summed E-state index contributed by atoms with van der Waals surface area (Å²) in [5.41, 5.74) is 6.27. The average Bonchev–Trinajstić information content (AvgIpc) is 2.17. The summed E-state index contributed by atoms with van der Waals surface area (Å²) in [6.45, 7) is 0. The van der Waals surface area contributed by atoms with Gasteiger partial charge in [-0.25, -0.2) is 4.39 Å². The maximum absolute atomic E-state index is 13.3. The topological polar surface area (TPSA) is 35.2 Å². The van der Waals surface area contributed by atoms with Crippen molar-refractivity contribution in [1.82, 2.24) is 0 Å². The molecule has 0 aliphatic heterocycles. The molecule has 0 aromatic heterocycles. The number of anilines is 1. The second-order valence-corrected chi connectivity index (χ2v) is 3.07. The number of benzene rings is 1. The Hall–Kier alpha value is -1.16. The summed E-state index contributed by atoms with van der Waals surface area (Å²) < 4.78 is 18.3. The number of hydrogen-bond donors (Lipinski definition) is 2. The monoisotopic (exact) mass is 213 g/mol. The van der Waals surface area contributed by atoms with Gasteiger partial charge in [-0.1, -0.05) is 12.2 Å². The van der Waals surface area contributed by atoms with E-state index in [0.29, 0.717) is 22.8 Å². The number of nitrogen functional groups attached to an aromatic ring is 1. The molecule has 1 aromatic carbocycles. The van der Waals surface area contributed by atoms with E-state index < -0.39 is 0 Å². The smallest absolute Gasteiger partial charge is 0.142 e. The molecule has 0 spiro atoms. The summed E-state index contributed by atoms with van der Waals surface area (Å²) >= 11 is 3.99. The lowest BCUT2D eigenvalue weighted by atomic mass is 10.1. The second kappa shape index (κ2) is 4.91. The van der Waals surface area contributed by atoms with Crippen LogP contribution in [0.15, 0.2) is 18.2 Å². The number of rotatable bonds is 3. The van der Waals surface area contributed by atoms with Crippen LogP contribution in [0.3, 0.4) is 0 Å². The van der Waals surface area contributed by atoms with Gasteiger partial charge in [-0.2, -0.15) is 12.6 Å². The zero-order valence-corrected chi connectivity index (χ0v) is 8.72. The Labute approximate surface area is 88.0 Å². The first-order valence-corrected chi connectivity index (χ1v) is 4.72. The van der Waals surface area contributed by atoms with Gasteiger partial charge in [0.1, 0.15) is 11.6 Å². The van der Waals surface area contributed by atoms with Gasteiger partial charge in [0.25, 0.3) is 0 Å². The van der Waals surface area contributed by atoms with Gasteiger partial charge in [0.2, 0.25) is 0 Å². The van der Waals surface area contributed by atoms with Gasteiger partial charge in [0.15, 0.2) is 0 Å². The predicted molar refractivity (Wildman–Crippen MR) is 60.3 cm³/mol. The molecule has 0 aliphatic carbocycles. The second-order valence-electron chi connectivity index (χ2n) is 2.70. The van der Waals surface area contributed by atoms with Gasteiger partial charge >= 0.3 is 0 Å². The van der Waals surface area contributed by atoms with Crippen molar-refractivity contribution in [3.05, 3.63) is 29.6 Å². The van der Waals surface area contributed by atoms with E-state index in [1.54, 1.807) is 18.2 Å². The predicted octanol–water partition coefficient (Wildman–Crippen LogP) is 2.36. The molecule has 0 radical (unpaired) electrons. The van der Waals surface area contributed by atoms with Gasteiger partial charge in [0, 0.05) is 17.4 Å². The molecule has 14 heavy (non-hydrogen) atoms. The molecule has 0 heterocycles. The molecule has 0 aliphatic rings. The van der Waals surface area contributed by atoms with Crippen LogP contribution < -0.4 is 10.5 Å². The van der Waals surface area contributed by atoms with Gasteiger partial charge in [-0.15, -0.1) is 0 Å². The van der Waals surface area contributed by atoms with E-state index >= 15 is 0 Å². The minimum Gasteiger partial charge on any atom is -0.495 e. The Morgan fingerprint density at radius 3 is 2.86 bits per heavy atom. The van der Waals surface area contributed by atoms with Crippen LogP contribution in [-0.4, -0.2) is 12.9 Å². The normalized spacial score (nSPS) is 10.8. The third kappa shape index (κ3) is 2.42. The summed E-state index contributed by atoms with van der Waals surface area (Å²) in [6.07, 6.45) is 3.39. The molecule has 1 aromatic rings. The van der Waals surface area contributed by atoms with Gasteiger partial charge in [-0.05, 0) is 6.07 Å².